The molecule has 76 valence electrons. The smallest absolute Gasteiger partial charge is 0.127 e. The average Bonchev–Trinajstić information content (AvgIpc) is 2.20. The third-order valence-electron chi connectivity index (χ3n) is 1.79. The van der Waals surface area contributed by atoms with Crippen molar-refractivity contribution in [1.82, 2.24) is 5.32 Å². The molecule has 0 atom stereocenters. The van der Waals surface area contributed by atoms with Gasteiger partial charge in [-0.2, -0.15) is 0 Å². The highest BCUT2D eigenvalue weighted by molar-refractivity contribution is 6.18. The van der Waals surface area contributed by atoms with Crippen molar-refractivity contribution < 1.29 is 4.39 Å². The van der Waals surface area contributed by atoms with Crippen molar-refractivity contribution in [3.8, 4) is 0 Å². The first-order chi connectivity index (χ1) is 6.84. The Labute approximate surface area is 88.6 Å². The maximum atomic E-state index is 13.1. The van der Waals surface area contributed by atoms with E-state index in [0.717, 1.165) is 0 Å². The Balaban J connectivity index is 2.31. The monoisotopic (exact) mass is 213 g/mol. The lowest BCUT2D eigenvalue weighted by Gasteiger charge is -2.02. The first-order valence-corrected chi connectivity index (χ1v) is 5.03. The molecule has 0 amide bonds. The fraction of sp³-hybridized carbons (Fsp3) is 0.273. The maximum absolute atomic E-state index is 13.1. The van der Waals surface area contributed by atoms with Gasteiger partial charge in [0.15, 0.2) is 0 Å². The molecule has 1 N–H and O–H groups in total. The van der Waals surface area contributed by atoms with Gasteiger partial charge in [0.25, 0.3) is 0 Å². The van der Waals surface area contributed by atoms with E-state index in [1.165, 1.54) is 6.07 Å². The van der Waals surface area contributed by atoms with Crippen molar-refractivity contribution >= 4 is 11.6 Å². The minimum absolute atomic E-state index is 0.165. The minimum Gasteiger partial charge on any atom is -0.309 e. The number of halogens is 2. The van der Waals surface area contributed by atoms with Crippen LogP contribution in [0.1, 0.15) is 5.56 Å². The summed E-state index contributed by atoms with van der Waals surface area (Å²) in [6, 6.07) is 6.75. The van der Waals surface area contributed by atoms with Crippen LogP contribution in [-0.4, -0.2) is 12.4 Å². The van der Waals surface area contributed by atoms with Crippen molar-refractivity contribution in [1.29, 1.82) is 0 Å². The van der Waals surface area contributed by atoms with Gasteiger partial charge in [0, 0.05) is 24.5 Å². The lowest BCUT2D eigenvalue weighted by molar-refractivity contribution is 0.596. The minimum atomic E-state index is -0.165. The van der Waals surface area contributed by atoms with Gasteiger partial charge >= 0.3 is 0 Å². The SMILES string of the molecule is Fc1ccccc1CNC/C=C/CCl. The van der Waals surface area contributed by atoms with Gasteiger partial charge in [0.1, 0.15) is 5.82 Å². The first-order valence-electron chi connectivity index (χ1n) is 4.49. The predicted molar refractivity (Wildman–Crippen MR) is 58.0 cm³/mol. The summed E-state index contributed by atoms with van der Waals surface area (Å²) in [5.41, 5.74) is 0.687. The molecule has 1 aromatic carbocycles. The normalized spacial score (nSPS) is 11.0. The number of hydrogen-bond acceptors (Lipinski definition) is 1. The molecular formula is C11H13ClFN. The zero-order valence-electron chi connectivity index (χ0n) is 7.84. The van der Waals surface area contributed by atoms with Gasteiger partial charge in [0.05, 0.1) is 0 Å². The summed E-state index contributed by atoms with van der Waals surface area (Å²) in [4.78, 5) is 0. The summed E-state index contributed by atoms with van der Waals surface area (Å²) < 4.78 is 13.1. The van der Waals surface area contributed by atoms with Crippen LogP contribution < -0.4 is 5.32 Å². The van der Waals surface area contributed by atoms with Crippen LogP contribution in [0.5, 0.6) is 0 Å². The molecule has 0 heterocycles. The van der Waals surface area contributed by atoms with Crippen molar-refractivity contribution in [2.45, 2.75) is 6.54 Å². The standard InChI is InChI=1S/C11H13ClFN/c12-7-3-4-8-14-9-10-5-1-2-6-11(10)13/h1-6,14H,7-9H2/b4-3+. The highest BCUT2D eigenvalue weighted by atomic mass is 35.5. The van der Waals surface area contributed by atoms with E-state index in [1.54, 1.807) is 12.1 Å². The molecule has 0 spiro atoms. The van der Waals surface area contributed by atoms with Gasteiger partial charge in [-0.1, -0.05) is 30.4 Å². The molecule has 3 heteroatoms. The average molecular weight is 214 g/mol. The van der Waals surface area contributed by atoms with Gasteiger partial charge < -0.3 is 5.32 Å². The second kappa shape index (κ2) is 6.57. The van der Waals surface area contributed by atoms with Crippen LogP contribution in [0.15, 0.2) is 36.4 Å². The molecule has 0 radical (unpaired) electrons. The lowest BCUT2D eigenvalue weighted by atomic mass is 10.2. The zero-order valence-corrected chi connectivity index (χ0v) is 8.60. The number of allylic oxidation sites excluding steroid dienone is 1. The Morgan fingerprint density at radius 2 is 2.07 bits per heavy atom. The summed E-state index contributed by atoms with van der Waals surface area (Å²) in [5.74, 6) is 0.350. The van der Waals surface area contributed by atoms with Crippen molar-refractivity contribution in [3.05, 3.63) is 47.8 Å². The molecule has 1 rings (SSSR count). The molecule has 0 aliphatic carbocycles. The van der Waals surface area contributed by atoms with E-state index in [4.69, 9.17) is 11.6 Å². The van der Waals surface area contributed by atoms with E-state index in [1.807, 2.05) is 18.2 Å². The summed E-state index contributed by atoms with van der Waals surface area (Å²) in [5, 5.41) is 3.09. The molecule has 1 nitrogen and oxygen atoms in total. The number of alkyl halides is 1. The van der Waals surface area contributed by atoms with Crippen molar-refractivity contribution in [2.24, 2.45) is 0 Å². The van der Waals surface area contributed by atoms with Gasteiger partial charge in [-0.25, -0.2) is 4.39 Å². The molecule has 14 heavy (non-hydrogen) atoms. The second-order valence-electron chi connectivity index (χ2n) is 2.85. The molecule has 0 unspecified atom stereocenters. The quantitative estimate of drug-likeness (QED) is 0.451. The molecule has 0 aliphatic rings. The van der Waals surface area contributed by atoms with Crippen LogP contribution >= 0.6 is 11.6 Å². The van der Waals surface area contributed by atoms with Crippen LogP contribution in [0.3, 0.4) is 0 Å². The third-order valence-corrected chi connectivity index (χ3v) is 1.97. The molecule has 1 aromatic rings. The molecule has 0 fully saturated rings. The van der Waals surface area contributed by atoms with E-state index < -0.39 is 0 Å². The fourth-order valence-electron chi connectivity index (χ4n) is 1.08. The first kappa shape index (κ1) is 11.2. The van der Waals surface area contributed by atoms with Gasteiger partial charge in [-0.05, 0) is 6.07 Å². The van der Waals surface area contributed by atoms with E-state index in [9.17, 15) is 4.39 Å². The molecule has 0 saturated carbocycles. The molecule has 0 bridgehead atoms. The summed E-state index contributed by atoms with van der Waals surface area (Å²) in [6.07, 6.45) is 3.78. The van der Waals surface area contributed by atoms with E-state index in [0.29, 0.717) is 24.5 Å². The lowest BCUT2D eigenvalue weighted by Crippen LogP contribution is -2.13. The largest absolute Gasteiger partial charge is 0.309 e. The molecule has 0 aromatic heterocycles. The Hall–Kier alpha value is -0.860. The van der Waals surface area contributed by atoms with E-state index >= 15 is 0 Å². The van der Waals surface area contributed by atoms with Gasteiger partial charge in [-0.3, -0.25) is 0 Å². The summed E-state index contributed by atoms with van der Waals surface area (Å²) in [7, 11) is 0. The Morgan fingerprint density at radius 3 is 2.79 bits per heavy atom. The van der Waals surface area contributed by atoms with Crippen molar-refractivity contribution in [3.63, 3.8) is 0 Å². The Kier molecular flexibility index (Phi) is 5.27. The summed E-state index contributed by atoms with van der Waals surface area (Å²) >= 11 is 5.45. The third kappa shape index (κ3) is 3.90. The van der Waals surface area contributed by atoms with Crippen LogP contribution in [0, 0.1) is 5.82 Å². The topological polar surface area (TPSA) is 12.0 Å². The fourth-order valence-corrected chi connectivity index (χ4v) is 1.20. The van der Waals surface area contributed by atoms with E-state index in [-0.39, 0.29) is 5.82 Å². The highest BCUT2D eigenvalue weighted by Crippen LogP contribution is 2.04. The van der Waals surface area contributed by atoms with Crippen LogP contribution in [0.2, 0.25) is 0 Å². The second-order valence-corrected chi connectivity index (χ2v) is 3.16. The predicted octanol–water partition coefficient (Wildman–Crippen LogP) is 2.71. The van der Waals surface area contributed by atoms with Crippen LogP contribution in [0.4, 0.5) is 4.39 Å². The van der Waals surface area contributed by atoms with Crippen LogP contribution in [0.25, 0.3) is 0 Å². The Morgan fingerprint density at radius 1 is 1.29 bits per heavy atom. The molecule has 0 saturated heterocycles. The molecular weight excluding hydrogens is 201 g/mol. The number of nitrogens with one attached hydrogen (secondary N) is 1. The number of benzene rings is 1. The summed E-state index contributed by atoms with van der Waals surface area (Å²) in [6.45, 7) is 1.25. The number of hydrogen-bond donors (Lipinski definition) is 1. The zero-order chi connectivity index (χ0) is 10.2. The van der Waals surface area contributed by atoms with Crippen molar-refractivity contribution in [2.75, 3.05) is 12.4 Å². The van der Waals surface area contributed by atoms with Gasteiger partial charge in [-0.15, -0.1) is 11.6 Å². The number of rotatable bonds is 5. The Bertz CT molecular complexity index is 299. The molecule has 0 aliphatic heterocycles. The van der Waals surface area contributed by atoms with Gasteiger partial charge in [0.2, 0.25) is 0 Å². The maximum Gasteiger partial charge on any atom is 0.127 e. The van der Waals surface area contributed by atoms with Crippen LogP contribution in [-0.2, 0) is 6.54 Å². The highest BCUT2D eigenvalue weighted by Gasteiger charge is 1.97. The van der Waals surface area contributed by atoms with E-state index in [2.05, 4.69) is 5.32 Å².